The molecule has 1 heterocycles. The highest BCUT2D eigenvalue weighted by molar-refractivity contribution is 7.49. The van der Waals surface area contributed by atoms with Gasteiger partial charge in [-0.05, 0) is 48.5 Å². The zero-order valence-electron chi connectivity index (χ0n) is 15.2. The molecule has 4 nitrogen and oxygen atoms in total. The molecule has 0 aromatic heterocycles. The van der Waals surface area contributed by atoms with Crippen molar-refractivity contribution in [3.05, 3.63) is 86.9 Å². The molecule has 3 aromatic carbocycles. The maximum atomic E-state index is 13.7. The minimum atomic E-state index is -4.31. The first kappa shape index (κ1) is 23.2. The molecule has 0 aliphatic carbocycles. The Morgan fingerprint density at radius 1 is 0.806 bits per heavy atom. The van der Waals surface area contributed by atoms with Crippen molar-refractivity contribution in [3.8, 4) is 17.2 Å². The largest absolute Gasteiger partial charge is 0.647 e. The lowest BCUT2D eigenvalue weighted by Crippen LogP contribution is -2.23. The molecule has 0 unspecified atom stereocenters. The molecule has 11 heteroatoms. The Morgan fingerprint density at radius 3 is 1.81 bits per heavy atom. The van der Waals surface area contributed by atoms with Gasteiger partial charge >= 0.3 is 7.82 Å². The number of hydrogen-bond donors (Lipinski definition) is 0. The minimum absolute atomic E-state index is 0.0988. The zero-order valence-corrected chi connectivity index (χ0v) is 20.6. The van der Waals surface area contributed by atoms with Crippen LogP contribution in [0.3, 0.4) is 0 Å². The summed E-state index contributed by atoms with van der Waals surface area (Å²) in [7, 11) is -4.31. The fourth-order valence-electron chi connectivity index (χ4n) is 3.11. The highest BCUT2D eigenvalue weighted by atomic mass is 35.6. The number of fused-ring (bicyclic) bond motifs is 2. The molecule has 0 atom stereocenters. The van der Waals surface area contributed by atoms with Crippen molar-refractivity contribution in [2.24, 2.45) is 0 Å². The number of phosphoric acid groups is 1. The van der Waals surface area contributed by atoms with Crippen LogP contribution >= 0.6 is 77.4 Å². The first-order chi connectivity index (χ1) is 14.6. The molecular weight excluding hydrogens is 548 g/mol. The number of benzene rings is 3. The van der Waals surface area contributed by atoms with Crippen molar-refractivity contribution in [2.45, 2.75) is 9.71 Å². The van der Waals surface area contributed by atoms with Gasteiger partial charge in [0, 0.05) is 21.2 Å². The maximum absolute atomic E-state index is 13.7. The molecule has 1 aliphatic heterocycles. The number of rotatable bonds is 2. The van der Waals surface area contributed by atoms with E-state index in [0.29, 0.717) is 21.2 Å². The third-order valence-electron chi connectivity index (χ3n) is 4.36. The third-order valence-corrected chi connectivity index (χ3v) is 7.06. The van der Waals surface area contributed by atoms with E-state index >= 15 is 0 Å². The Kier molecular flexibility index (Phi) is 6.55. The van der Waals surface area contributed by atoms with E-state index in [2.05, 4.69) is 0 Å². The van der Waals surface area contributed by atoms with Gasteiger partial charge in [-0.2, -0.15) is 4.57 Å². The van der Waals surface area contributed by atoms with Crippen LogP contribution in [0.5, 0.6) is 17.2 Å². The Hall–Kier alpha value is -0.970. The van der Waals surface area contributed by atoms with Gasteiger partial charge in [0.15, 0.2) is 5.75 Å². The monoisotopic (exact) mass is 556 g/mol. The molecule has 3 aromatic rings. The fraction of sp³-hybridized carbons (Fsp3) is 0.100. The van der Waals surface area contributed by atoms with Gasteiger partial charge in [-0.1, -0.05) is 81.7 Å². The van der Waals surface area contributed by atoms with Gasteiger partial charge < -0.3 is 13.6 Å². The lowest BCUT2D eigenvalue weighted by Gasteiger charge is -2.32. The summed E-state index contributed by atoms with van der Waals surface area (Å²) in [5.41, 5.74) is 0.726. The second kappa shape index (κ2) is 8.76. The van der Waals surface area contributed by atoms with Crippen molar-refractivity contribution in [3.63, 3.8) is 0 Å². The van der Waals surface area contributed by atoms with Gasteiger partial charge in [0.1, 0.15) is 11.5 Å². The lowest BCUT2D eigenvalue weighted by molar-refractivity contribution is 0.292. The second-order valence-corrected chi connectivity index (χ2v) is 11.6. The molecule has 0 radical (unpaired) electrons. The van der Waals surface area contributed by atoms with Crippen molar-refractivity contribution >= 4 is 77.4 Å². The van der Waals surface area contributed by atoms with Crippen LogP contribution < -0.4 is 13.6 Å². The fourth-order valence-corrected chi connectivity index (χ4v) is 5.73. The van der Waals surface area contributed by atoms with Crippen LogP contribution in [-0.4, -0.2) is 3.79 Å². The Bertz CT molecular complexity index is 1140. The summed E-state index contributed by atoms with van der Waals surface area (Å²) in [6.07, 6.45) is 0. The number of alkyl halides is 3. The molecule has 1 aliphatic rings. The molecule has 0 fully saturated rings. The van der Waals surface area contributed by atoms with Crippen LogP contribution in [0.15, 0.2) is 60.7 Å². The summed E-state index contributed by atoms with van der Waals surface area (Å²) >= 11 is 37.6. The van der Waals surface area contributed by atoms with E-state index in [1.54, 1.807) is 30.3 Å². The predicted molar refractivity (Wildman–Crippen MR) is 126 cm³/mol. The van der Waals surface area contributed by atoms with Crippen molar-refractivity contribution in [2.75, 3.05) is 0 Å². The SMILES string of the molecule is O=P1(Oc2ccccc2Cl)Oc2ccc(Cl)cc2C(C(Cl)(Cl)Cl)c2cc(Cl)ccc2O1. The summed E-state index contributed by atoms with van der Waals surface area (Å²) in [5, 5.41) is 0.931. The van der Waals surface area contributed by atoms with Crippen molar-refractivity contribution < 1.29 is 18.1 Å². The highest BCUT2D eigenvalue weighted by Gasteiger charge is 2.45. The Morgan fingerprint density at radius 2 is 1.32 bits per heavy atom. The Balaban J connectivity index is 1.94. The topological polar surface area (TPSA) is 44.8 Å². The van der Waals surface area contributed by atoms with E-state index in [1.807, 2.05) is 0 Å². The summed E-state index contributed by atoms with van der Waals surface area (Å²) in [6.45, 7) is 0. The summed E-state index contributed by atoms with van der Waals surface area (Å²) < 4.78 is 28.9. The van der Waals surface area contributed by atoms with Crippen LogP contribution in [0.1, 0.15) is 17.0 Å². The number of para-hydroxylation sites is 1. The quantitative estimate of drug-likeness (QED) is 0.232. The zero-order chi connectivity index (χ0) is 22.4. The van der Waals surface area contributed by atoms with Crippen LogP contribution in [0.25, 0.3) is 0 Å². The van der Waals surface area contributed by atoms with Gasteiger partial charge in [0.25, 0.3) is 0 Å². The molecular formula is C20H11Cl6O4P. The lowest BCUT2D eigenvalue weighted by atomic mass is 9.91. The van der Waals surface area contributed by atoms with Gasteiger partial charge in [-0.3, -0.25) is 0 Å². The molecule has 0 saturated carbocycles. The van der Waals surface area contributed by atoms with Gasteiger partial charge in [-0.25, -0.2) is 0 Å². The van der Waals surface area contributed by atoms with Crippen LogP contribution in [-0.2, 0) is 4.57 Å². The summed E-state index contributed by atoms with van der Waals surface area (Å²) in [6, 6.07) is 15.6. The summed E-state index contributed by atoms with van der Waals surface area (Å²) in [4.78, 5) is 0. The molecule has 0 saturated heterocycles. The van der Waals surface area contributed by atoms with Crippen molar-refractivity contribution in [1.82, 2.24) is 0 Å². The minimum Gasteiger partial charge on any atom is -0.386 e. The third kappa shape index (κ3) is 5.02. The van der Waals surface area contributed by atoms with E-state index in [9.17, 15) is 4.57 Å². The normalized spacial score (nSPS) is 20.4. The van der Waals surface area contributed by atoms with E-state index < -0.39 is 17.5 Å². The van der Waals surface area contributed by atoms with Crippen LogP contribution in [0, 0.1) is 0 Å². The van der Waals surface area contributed by atoms with E-state index in [4.69, 9.17) is 83.2 Å². The highest BCUT2D eigenvalue weighted by Crippen LogP contribution is 2.59. The number of halogens is 6. The van der Waals surface area contributed by atoms with E-state index in [0.717, 1.165) is 0 Å². The molecule has 0 N–H and O–H groups in total. The first-order valence-electron chi connectivity index (χ1n) is 8.65. The molecule has 4 rings (SSSR count). The second-order valence-electron chi connectivity index (χ2n) is 6.49. The molecule has 0 spiro atoms. The average Bonchev–Trinajstić information content (AvgIpc) is 2.66. The van der Waals surface area contributed by atoms with Crippen LogP contribution in [0.2, 0.25) is 15.1 Å². The Labute approximate surface area is 208 Å². The summed E-state index contributed by atoms with van der Waals surface area (Å²) in [5.74, 6) is -0.602. The van der Waals surface area contributed by atoms with E-state index in [1.165, 1.54) is 30.3 Å². The molecule has 0 bridgehead atoms. The number of phosphoric ester groups is 1. The van der Waals surface area contributed by atoms with Gasteiger partial charge in [0.05, 0.1) is 10.9 Å². The first-order valence-corrected chi connectivity index (χ1v) is 12.4. The molecule has 162 valence electrons. The number of hydrogen-bond acceptors (Lipinski definition) is 4. The molecule has 0 amide bonds. The van der Waals surface area contributed by atoms with Gasteiger partial charge in [0.2, 0.25) is 3.79 Å². The van der Waals surface area contributed by atoms with Crippen LogP contribution in [0.4, 0.5) is 0 Å². The van der Waals surface area contributed by atoms with Gasteiger partial charge in [-0.15, -0.1) is 0 Å². The standard InChI is InChI=1S/C20H11Cl6O4P/c21-11-5-7-16-13(9-11)19(20(24,25)26)14-10-12(22)6-8-17(14)29-31(27,28-16)30-18-4-2-1-3-15(18)23/h1-10,19H. The van der Waals surface area contributed by atoms with Crippen molar-refractivity contribution in [1.29, 1.82) is 0 Å². The average molecular weight is 559 g/mol. The smallest absolute Gasteiger partial charge is 0.386 e. The maximum Gasteiger partial charge on any atom is 0.647 e. The van der Waals surface area contributed by atoms with E-state index in [-0.39, 0.29) is 22.3 Å². The predicted octanol–water partition coefficient (Wildman–Crippen LogP) is 9.11. The molecule has 31 heavy (non-hydrogen) atoms.